The number of rotatable bonds is 6. The van der Waals surface area contributed by atoms with Crippen LogP contribution in [0.15, 0.2) is 54.6 Å². The number of ether oxygens (including phenoxy) is 1. The number of carbonyl (C=O) groups is 2. The molecule has 1 aliphatic heterocycles. The van der Waals surface area contributed by atoms with Crippen LogP contribution < -0.4 is 10.5 Å². The first kappa shape index (κ1) is 17.9. The Balaban J connectivity index is 1.63. The number of halogens is 1. The molecular weight excluding hydrogens is 335 g/mol. The molecular formula is C20H21FN2O3. The molecule has 1 fully saturated rings. The topological polar surface area (TPSA) is 72.6 Å². The monoisotopic (exact) mass is 356 g/mol. The Morgan fingerprint density at radius 1 is 1.08 bits per heavy atom. The Labute approximate surface area is 151 Å². The average molecular weight is 356 g/mol. The molecule has 1 saturated heterocycles. The van der Waals surface area contributed by atoms with Gasteiger partial charge in [0, 0.05) is 19.0 Å². The summed E-state index contributed by atoms with van der Waals surface area (Å²) in [5.41, 5.74) is 5.85. The Bertz CT molecular complexity index is 782. The summed E-state index contributed by atoms with van der Waals surface area (Å²) in [5, 5.41) is 0. The van der Waals surface area contributed by atoms with Crippen molar-refractivity contribution < 1.29 is 18.7 Å². The molecule has 1 aliphatic rings. The summed E-state index contributed by atoms with van der Waals surface area (Å²) >= 11 is 0. The van der Waals surface area contributed by atoms with Crippen LogP contribution in [0.3, 0.4) is 0 Å². The first-order valence-electron chi connectivity index (χ1n) is 8.53. The lowest BCUT2D eigenvalue weighted by atomic mass is 9.96. The molecule has 2 N–H and O–H groups in total. The number of likely N-dealkylation sites (tertiary alicyclic amines) is 1. The lowest BCUT2D eigenvalue weighted by Gasteiger charge is -2.17. The molecule has 2 unspecified atom stereocenters. The standard InChI is InChI=1S/C20H21FN2O3/c21-18-9-5-4-6-14(18)10-19(24)23-11-15(17(12-23)20(22)25)13-26-16-7-2-1-3-8-16/h1-9,15,17H,10-13H2,(H2,22,25). The van der Waals surface area contributed by atoms with Gasteiger partial charge in [-0.3, -0.25) is 9.59 Å². The van der Waals surface area contributed by atoms with E-state index in [9.17, 15) is 14.0 Å². The zero-order valence-corrected chi connectivity index (χ0v) is 14.3. The molecule has 0 bridgehead atoms. The maximum absolute atomic E-state index is 13.8. The highest BCUT2D eigenvalue weighted by atomic mass is 19.1. The number of benzene rings is 2. The SMILES string of the molecule is NC(=O)C1CN(C(=O)Cc2ccccc2F)CC1COc1ccccc1. The number of hydrogen-bond acceptors (Lipinski definition) is 3. The summed E-state index contributed by atoms with van der Waals surface area (Å²) in [6, 6.07) is 15.5. The van der Waals surface area contributed by atoms with E-state index in [0.29, 0.717) is 24.5 Å². The van der Waals surface area contributed by atoms with E-state index in [-0.39, 0.29) is 24.8 Å². The smallest absolute Gasteiger partial charge is 0.227 e. The van der Waals surface area contributed by atoms with Crippen molar-refractivity contribution in [3.05, 3.63) is 66.0 Å². The minimum absolute atomic E-state index is 0.0373. The van der Waals surface area contributed by atoms with Crippen molar-refractivity contribution in [2.45, 2.75) is 6.42 Å². The van der Waals surface area contributed by atoms with E-state index in [0.717, 1.165) is 0 Å². The van der Waals surface area contributed by atoms with Crippen LogP contribution in [0.2, 0.25) is 0 Å². The minimum Gasteiger partial charge on any atom is -0.493 e. The van der Waals surface area contributed by atoms with Crippen molar-refractivity contribution in [1.82, 2.24) is 4.90 Å². The summed E-state index contributed by atoms with van der Waals surface area (Å²) in [4.78, 5) is 25.9. The van der Waals surface area contributed by atoms with Gasteiger partial charge in [0.1, 0.15) is 11.6 Å². The van der Waals surface area contributed by atoms with Crippen molar-refractivity contribution in [3.63, 3.8) is 0 Å². The lowest BCUT2D eigenvalue weighted by molar-refractivity contribution is -0.129. The fourth-order valence-electron chi connectivity index (χ4n) is 3.20. The second-order valence-electron chi connectivity index (χ2n) is 6.46. The van der Waals surface area contributed by atoms with Crippen LogP contribution >= 0.6 is 0 Å². The van der Waals surface area contributed by atoms with Gasteiger partial charge in [-0.1, -0.05) is 36.4 Å². The van der Waals surface area contributed by atoms with Gasteiger partial charge < -0.3 is 15.4 Å². The molecule has 2 aromatic carbocycles. The van der Waals surface area contributed by atoms with Crippen LogP contribution in [0, 0.1) is 17.7 Å². The molecule has 26 heavy (non-hydrogen) atoms. The van der Waals surface area contributed by atoms with E-state index in [1.54, 1.807) is 23.1 Å². The zero-order chi connectivity index (χ0) is 18.5. The third-order valence-electron chi connectivity index (χ3n) is 4.67. The molecule has 0 spiro atoms. The molecule has 0 aliphatic carbocycles. The molecule has 0 radical (unpaired) electrons. The number of primary amides is 1. The molecule has 0 saturated carbocycles. The number of carbonyl (C=O) groups excluding carboxylic acids is 2. The highest BCUT2D eigenvalue weighted by Crippen LogP contribution is 2.25. The predicted octanol–water partition coefficient (Wildman–Crippen LogP) is 2.01. The molecule has 1 heterocycles. The van der Waals surface area contributed by atoms with Gasteiger partial charge in [0.15, 0.2) is 0 Å². The Kier molecular flexibility index (Phi) is 5.51. The largest absolute Gasteiger partial charge is 0.493 e. The Morgan fingerprint density at radius 3 is 2.46 bits per heavy atom. The van der Waals surface area contributed by atoms with Gasteiger partial charge in [0.25, 0.3) is 0 Å². The van der Waals surface area contributed by atoms with Gasteiger partial charge in [-0.15, -0.1) is 0 Å². The van der Waals surface area contributed by atoms with E-state index in [4.69, 9.17) is 10.5 Å². The van der Waals surface area contributed by atoms with E-state index >= 15 is 0 Å². The molecule has 6 heteroatoms. The molecule has 3 rings (SSSR count). The summed E-state index contributed by atoms with van der Waals surface area (Å²) in [6.07, 6.45) is -0.0373. The average Bonchev–Trinajstić information content (AvgIpc) is 3.07. The van der Waals surface area contributed by atoms with E-state index in [1.165, 1.54) is 6.07 Å². The Morgan fingerprint density at radius 2 is 1.77 bits per heavy atom. The maximum atomic E-state index is 13.8. The number of para-hydroxylation sites is 1. The maximum Gasteiger partial charge on any atom is 0.227 e. The third kappa shape index (κ3) is 4.20. The fourth-order valence-corrected chi connectivity index (χ4v) is 3.20. The van der Waals surface area contributed by atoms with E-state index in [1.807, 2.05) is 30.3 Å². The molecule has 2 atom stereocenters. The summed E-state index contributed by atoms with van der Waals surface area (Å²) in [6.45, 7) is 0.903. The van der Waals surface area contributed by atoms with Crippen molar-refractivity contribution in [2.24, 2.45) is 17.6 Å². The third-order valence-corrected chi connectivity index (χ3v) is 4.67. The molecule has 5 nitrogen and oxygen atoms in total. The number of amides is 2. The van der Waals surface area contributed by atoms with Gasteiger partial charge in [0.05, 0.1) is 18.9 Å². The lowest BCUT2D eigenvalue weighted by Crippen LogP contribution is -2.33. The molecule has 2 amide bonds. The molecule has 0 aromatic heterocycles. The second kappa shape index (κ2) is 7.99. The highest BCUT2D eigenvalue weighted by molar-refractivity contribution is 5.82. The van der Waals surface area contributed by atoms with Crippen molar-refractivity contribution in [2.75, 3.05) is 19.7 Å². The van der Waals surface area contributed by atoms with Crippen LogP contribution in [-0.2, 0) is 16.0 Å². The van der Waals surface area contributed by atoms with Crippen LogP contribution in [0.5, 0.6) is 5.75 Å². The van der Waals surface area contributed by atoms with Gasteiger partial charge in [-0.25, -0.2) is 4.39 Å². The van der Waals surface area contributed by atoms with Crippen molar-refractivity contribution in [1.29, 1.82) is 0 Å². The molecule has 136 valence electrons. The van der Waals surface area contributed by atoms with Crippen LogP contribution in [-0.4, -0.2) is 36.4 Å². The minimum atomic E-state index is -0.469. The second-order valence-corrected chi connectivity index (χ2v) is 6.46. The van der Waals surface area contributed by atoms with Crippen molar-refractivity contribution >= 4 is 11.8 Å². The van der Waals surface area contributed by atoms with Crippen LogP contribution in [0.4, 0.5) is 4.39 Å². The first-order valence-corrected chi connectivity index (χ1v) is 8.53. The van der Waals surface area contributed by atoms with Crippen LogP contribution in [0.25, 0.3) is 0 Å². The highest BCUT2D eigenvalue weighted by Gasteiger charge is 2.39. The summed E-state index contributed by atoms with van der Waals surface area (Å²) in [7, 11) is 0. The summed E-state index contributed by atoms with van der Waals surface area (Å²) in [5.74, 6) is -1.03. The fraction of sp³-hybridized carbons (Fsp3) is 0.300. The van der Waals surface area contributed by atoms with E-state index in [2.05, 4.69) is 0 Å². The Hall–Kier alpha value is -2.89. The van der Waals surface area contributed by atoms with Crippen molar-refractivity contribution in [3.8, 4) is 5.75 Å². The first-order chi connectivity index (χ1) is 12.5. The number of nitrogens with two attached hydrogens (primary N) is 1. The zero-order valence-electron chi connectivity index (χ0n) is 14.3. The summed E-state index contributed by atoms with van der Waals surface area (Å²) < 4.78 is 19.5. The number of nitrogens with zero attached hydrogens (tertiary/aromatic N) is 1. The molecule has 2 aromatic rings. The normalized spacial score (nSPS) is 19.3. The van der Waals surface area contributed by atoms with Gasteiger partial charge in [-0.05, 0) is 23.8 Å². The van der Waals surface area contributed by atoms with Gasteiger partial charge in [-0.2, -0.15) is 0 Å². The quantitative estimate of drug-likeness (QED) is 0.860. The number of hydrogen-bond donors (Lipinski definition) is 1. The van der Waals surface area contributed by atoms with Gasteiger partial charge in [0.2, 0.25) is 11.8 Å². The van der Waals surface area contributed by atoms with Gasteiger partial charge >= 0.3 is 0 Å². The van der Waals surface area contributed by atoms with Crippen LogP contribution in [0.1, 0.15) is 5.56 Å². The van der Waals surface area contributed by atoms with E-state index < -0.39 is 17.6 Å². The predicted molar refractivity (Wildman–Crippen MR) is 94.8 cm³/mol.